The summed E-state index contributed by atoms with van der Waals surface area (Å²) in [6, 6.07) is 0.655. The van der Waals surface area contributed by atoms with Crippen LogP contribution in [0.25, 0.3) is 0 Å². The molecule has 0 amide bonds. The molecule has 3 heteroatoms. The van der Waals surface area contributed by atoms with Crippen LogP contribution in [0.2, 0.25) is 0 Å². The molecule has 0 aromatic rings. The van der Waals surface area contributed by atoms with Crippen LogP contribution in [0.15, 0.2) is 0 Å². The number of aliphatic hydroxyl groups is 1. The summed E-state index contributed by atoms with van der Waals surface area (Å²) >= 11 is 0. The van der Waals surface area contributed by atoms with Crippen molar-refractivity contribution in [3.05, 3.63) is 0 Å². The van der Waals surface area contributed by atoms with Gasteiger partial charge in [-0.25, -0.2) is 0 Å². The maximum atomic E-state index is 10.0. The Morgan fingerprint density at radius 3 is 2.75 bits per heavy atom. The Labute approximate surface area is 124 Å². The Kier molecular flexibility index (Phi) is 6.79. The van der Waals surface area contributed by atoms with Crippen LogP contribution >= 0.6 is 0 Å². The molecule has 0 aromatic carbocycles. The molecule has 0 radical (unpaired) electrons. The molecule has 0 spiro atoms. The van der Waals surface area contributed by atoms with Gasteiger partial charge in [-0.05, 0) is 37.5 Å². The van der Waals surface area contributed by atoms with Crippen molar-refractivity contribution < 1.29 is 9.84 Å². The second kappa shape index (κ2) is 8.35. The zero-order valence-corrected chi connectivity index (χ0v) is 13.3. The standard InChI is InChI=1S/C17H33NO2/c1-3-7-14-10-16(14)18-11-15(19)12-20-17-9-6-5-8-13(17)4-2/h13-19H,3-12H2,1-2H3. The van der Waals surface area contributed by atoms with Gasteiger partial charge < -0.3 is 15.2 Å². The third kappa shape index (κ3) is 5.01. The van der Waals surface area contributed by atoms with E-state index in [0.717, 1.165) is 5.92 Å². The van der Waals surface area contributed by atoms with Crippen molar-refractivity contribution in [2.45, 2.75) is 83.5 Å². The number of hydrogen-bond acceptors (Lipinski definition) is 3. The van der Waals surface area contributed by atoms with Crippen LogP contribution in [0, 0.1) is 11.8 Å². The lowest BCUT2D eigenvalue weighted by molar-refractivity contribution is -0.0500. The van der Waals surface area contributed by atoms with Crippen molar-refractivity contribution in [2.24, 2.45) is 11.8 Å². The second-order valence-corrected chi connectivity index (χ2v) is 6.78. The summed E-state index contributed by atoms with van der Waals surface area (Å²) in [6.07, 6.45) is 10.3. The molecule has 118 valence electrons. The lowest BCUT2D eigenvalue weighted by Crippen LogP contribution is -2.36. The summed E-state index contributed by atoms with van der Waals surface area (Å²) < 4.78 is 5.99. The fraction of sp³-hybridized carbons (Fsp3) is 1.00. The molecule has 20 heavy (non-hydrogen) atoms. The van der Waals surface area contributed by atoms with Crippen LogP contribution in [0.3, 0.4) is 0 Å². The number of rotatable bonds is 9. The van der Waals surface area contributed by atoms with Crippen molar-refractivity contribution in [2.75, 3.05) is 13.2 Å². The first-order valence-electron chi connectivity index (χ1n) is 8.77. The molecule has 5 atom stereocenters. The molecule has 2 saturated carbocycles. The van der Waals surface area contributed by atoms with E-state index in [-0.39, 0.29) is 6.10 Å². The highest BCUT2D eigenvalue weighted by atomic mass is 16.5. The molecule has 2 rings (SSSR count). The Bertz CT molecular complexity index is 272. The first kappa shape index (κ1) is 16.3. The fourth-order valence-corrected chi connectivity index (χ4v) is 3.63. The monoisotopic (exact) mass is 283 g/mol. The molecular formula is C17H33NO2. The van der Waals surface area contributed by atoms with E-state index in [9.17, 15) is 5.11 Å². The van der Waals surface area contributed by atoms with E-state index >= 15 is 0 Å². The first-order chi connectivity index (χ1) is 9.74. The average molecular weight is 283 g/mol. The molecule has 2 fully saturated rings. The normalized spacial score (nSPS) is 35.0. The molecule has 0 aromatic heterocycles. The van der Waals surface area contributed by atoms with E-state index in [2.05, 4.69) is 19.2 Å². The van der Waals surface area contributed by atoms with Crippen molar-refractivity contribution in [3.8, 4) is 0 Å². The second-order valence-electron chi connectivity index (χ2n) is 6.78. The van der Waals surface area contributed by atoms with E-state index < -0.39 is 0 Å². The van der Waals surface area contributed by atoms with Crippen molar-refractivity contribution in [1.82, 2.24) is 5.32 Å². The molecule has 0 aliphatic heterocycles. The Hall–Kier alpha value is -0.120. The number of aliphatic hydroxyl groups excluding tert-OH is 1. The summed E-state index contributed by atoms with van der Waals surface area (Å²) in [6.45, 7) is 5.69. The van der Waals surface area contributed by atoms with Gasteiger partial charge in [0.25, 0.3) is 0 Å². The van der Waals surface area contributed by atoms with E-state index in [1.807, 2.05) is 0 Å². The van der Waals surface area contributed by atoms with Gasteiger partial charge in [-0.2, -0.15) is 0 Å². The number of hydrogen-bond donors (Lipinski definition) is 2. The van der Waals surface area contributed by atoms with Gasteiger partial charge in [0.15, 0.2) is 0 Å². The lowest BCUT2D eigenvalue weighted by atomic mass is 9.85. The molecule has 0 heterocycles. The van der Waals surface area contributed by atoms with E-state index in [1.165, 1.54) is 51.4 Å². The van der Waals surface area contributed by atoms with Gasteiger partial charge in [0.2, 0.25) is 0 Å². The Balaban J connectivity index is 1.56. The molecule has 2 N–H and O–H groups in total. The van der Waals surface area contributed by atoms with Crippen LogP contribution in [0.1, 0.15) is 65.2 Å². The molecule has 5 unspecified atom stereocenters. The Morgan fingerprint density at radius 1 is 1.20 bits per heavy atom. The van der Waals surface area contributed by atoms with E-state index in [0.29, 0.717) is 31.2 Å². The van der Waals surface area contributed by atoms with Crippen LogP contribution in [-0.2, 0) is 4.74 Å². The molecule has 0 bridgehead atoms. The quantitative estimate of drug-likeness (QED) is 0.683. The topological polar surface area (TPSA) is 41.5 Å². The lowest BCUT2D eigenvalue weighted by Gasteiger charge is -2.31. The molecular weight excluding hydrogens is 250 g/mol. The van der Waals surface area contributed by atoms with Gasteiger partial charge in [0.05, 0.1) is 18.8 Å². The summed E-state index contributed by atoms with van der Waals surface area (Å²) in [5.41, 5.74) is 0. The summed E-state index contributed by atoms with van der Waals surface area (Å²) in [5.74, 6) is 1.57. The highest BCUT2D eigenvalue weighted by Gasteiger charge is 2.35. The van der Waals surface area contributed by atoms with Crippen LogP contribution < -0.4 is 5.32 Å². The number of nitrogens with one attached hydrogen (secondary N) is 1. The summed E-state index contributed by atoms with van der Waals surface area (Å²) in [7, 11) is 0. The van der Waals surface area contributed by atoms with Gasteiger partial charge in [0, 0.05) is 12.6 Å². The predicted octanol–water partition coefficient (Wildman–Crippen LogP) is 3.11. The largest absolute Gasteiger partial charge is 0.389 e. The van der Waals surface area contributed by atoms with Crippen molar-refractivity contribution >= 4 is 0 Å². The summed E-state index contributed by atoms with van der Waals surface area (Å²) in [4.78, 5) is 0. The van der Waals surface area contributed by atoms with E-state index in [1.54, 1.807) is 0 Å². The maximum Gasteiger partial charge on any atom is 0.0897 e. The minimum atomic E-state index is -0.350. The van der Waals surface area contributed by atoms with Gasteiger partial charge in [-0.3, -0.25) is 0 Å². The van der Waals surface area contributed by atoms with Gasteiger partial charge >= 0.3 is 0 Å². The van der Waals surface area contributed by atoms with Crippen LogP contribution in [-0.4, -0.2) is 36.5 Å². The smallest absolute Gasteiger partial charge is 0.0897 e. The van der Waals surface area contributed by atoms with E-state index in [4.69, 9.17) is 4.74 Å². The first-order valence-corrected chi connectivity index (χ1v) is 8.77. The van der Waals surface area contributed by atoms with Crippen molar-refractivity contribution in [3.63, 3.8) is 0 Å². The maximum absolute atomic E-state index is 10.0. The molecule has 2 aliphatic carbocycles. The zero-order valence-electron chi connectivity index (χ0n) is 13.3. The minimum absolute atomic E-state index is 0.350. The number of ether oxygens (including phenoxy) is 1. The fourth-order valence-electron chi connectivity index (χ4n) is 3.63. The Morgan fingerprint density at radius 2 is 2.00 bits per heavy atom. The third-order valence-electron chi connectivity index (χ3n) is 5.06. The SMILES string of the molecule is CCCC1CC1NCC(O)COC1CCCCC1CC. The molecule has 3 nitrogen and oxygen atoms in total. The van der Waals surface area contributed by atoms with Crippen molar-refractivity contribution in [1.29, 1.82) is 0 Å². The van der Waals surface area contributed by atoms with Crippen LogP contribution in [0.5, 0.6) is 0 Å². The van der Waals surface area contributed by atoms with Gasteiger partial charge in [-0.1, -0.05) is 39.5 Å². The predicted molar refractivity (Wildman–Crippen MR) is 82.8 cm³/mol. The molecule has 0 saturated heterocycles. The van der Waals surface area contributed by atoms with Crippen LogP contribution in [0.4, 0.5) is 0 Å². The van der Waals surface area contributed by atoms with Gasteiger partial charge in [0.1, 0.15) is 0 Å². The third-order valence-corrected chi connectivity index (χ3v) is 5.06. The average Bonchev–Trinajstić information content (AvgIpc) is 3.22. The zero-order chi connectivity index (χ0) is 14.4. The summed E-state index contributed by atoms with van der Waals surface area (Å²) in [5, 5.41) is 13.5. The highest BCUT2D eigenvalue weighted by molar-refractivity contribution is 4.92. The van der Waals surface area contributed by atoms with Gasteiger partial charge in [-0.15, -0.1) is 0 Å². The minimum Gasteiger partial charge on any atom is -0.389 e. The highest BCUT2D eigenvalue weighted by Crippen LogP contribution is 2.34. The molecule has 2 aliphatic rings.